The maximum atomic E-state index is 8.65. The van der Waals surface area contributed by atoms with Crippen molar-refractivity contribution < 1.29 is 9.94 Å². The Labute approximate surface area is 111 Å². The second kappa shape index (κ2) is 6.04. The lowest BCUT2D eigenvalue weighted by Crippen LogP contribution is -2.48. The summed E-state index contributed by atoms with van der Waals surface area (Å²) in [6.45, 7) is 2.70. The van der Waals surface area contributed by atoms with Gasteiger partial charge in [0.1, 0.15) is 6.10 Å². The van der Waals surface area contributed by atoms with E-state index >= 15 is 0 Å². The molecule has 1 aliphatic heterocycles. The van der Waals surface area contributed by atoms with Crippen LogP contribution in [0, 0.1) is 0 Å². The average Bonchev–Trinajstić information content (AvgIpc) is 2.41. The molecule has 1 atom stereocenters. The standard InChI is InChI=1S/C12H16ClN3O2/c13-10-4-2-1-3-9(10)7-16-5-6-18-11(8-16)12(14)15-17/h1-4,11,17H,5-8H2,(H2,14,15). The maximum Gasteiger partial charge on any atom is 0.169 e. The van der Waals surface area contributed by atoms with E-state index in [0.717, 1.165) is 23.7 Å². The SMILES string of the molecule is NC(=NO)C1CN(Cc2ccccc2Cl)CCO1. The third-order valence-electron chi connectivity index (χ3n) is 2.95. The number of morpholine rings is 1. The van der Waals surface area contributed by atoms with Gasteiger partial charge < -0.3 is 15.7 Å². The van der Waals surface area contributed by atoms with Gasteiger partial charge in [0.05, 0.1) is 6.61 Å². The second-order valence-electron chi connectivity index (χ2n) is 4.21. The quantitative estimate of drug-likeness (QED) is 0.375. The Hall–Kier alpha value is -1.30. The van der Waals surface area contributed by atoms with Crippen molar-refractivity contribution in [3.63, 3.8) is 0 Å². The highest BCUT2D eigenvalue weighted by atomic mass is 35.5. The van der Waals surface area contributed by atoms with Crippen LogP contribution < -0.4 is 5.73 Å². The van der Waals surface area contributed by atoms with E-state index in [9.17, 15) is 0 Å². The van der Waals surface area contributed by atoms with Crippen LogP contribution in [0.3, 0.4) is 0 Å². The Kier molecular flexibility index (Phi) is 4.41. The lowest BCUT2D eigenvalue weighted by atomic mass is 10.2. The summed E-state index contributed by atoms with van der Waals surface area (Å²) in [6.07, 6.45) is -0.355. The van der Waals surface area contributed by atoms with E-state index in [2.05, 4.69) is 10.1 Å². The molecule has 18 heavy (non-hydrogen) atoms. The van der Waals surface area contributed by atoms with Gasteiger partial charge >= 0.3 is 0 Å². The van der Waals surface area contributed by atoms with Gasteiger partial charge in [-0.15, -0.1) is 0 Å². The number of hydrogen-bond acceptors (Lipinski definition) is 4. The first-order chi connectivity index (χ1) is 8.70. The monoisotopic (exact) mass is 269 g/mol. The first-order valence-electron chi connectivity index (χ1n) is 5.75. The predicted molar refractivity (Wildman–Crippen MR) is 69.9 cm³/mol. The largest absolute Gasteiger partial charge is 0.409 e. The number of nitrogens with two attached hydrogens (primary N) is 1. The van der Waals surface area contributed by atoms with Crippen molar-refractivity contribution in [1.82, 2.24) is 4.90 Å². The summed E-state index contributed by atoms with van der Waals surface area (Å²) in [6, 6.07) is 7.74. The minimum Gasteiger partial charge on any atom is -0.409 e. The summed E-state index contributed by atoms with van der Waals surface area (Å²) in [5.74, 6) is 0.110. The summed E-state index contributed by atoms with van der Waals surface area (Å²) < 4.78 is 5.44. The molecule has 1 aromatic carbocycles. The van der Waals surface area contributed by atoms with Gasteiger partial charge in [-0.25, -0.2) is 0 Å². The number of rotatable bonds is 3. The van der Waals surface area contributed by atoms with E-state index < -0.39 is 0 Å². The van der Waals surface area contributed by atoms with E-state index in [-0.39, 0.29) is 11.9 Å². The first kappa shape index (κ1) is 13.1. The Morgan fingerprint density at radius 1 is 1.56 bits per heavy atom. The van der Waals surface area contributed by atoms with E-state index in [0.29, 0.717) is 13.2 Å². The van der Waals surface area contributed by atoms with Gasteiger partial charge in [-0.2, -0.15) is 0 Å². The van der Waals surface area contributed by atoms with Crippen molar-refractivity contribution in [2.45, 2.75) is 12.6 Å². The van der Waals surface area contributed by atoms with Crippen LogP contribution in [0.2, 0.25) is 5.02 Å². The molecule has 0 aromatic heterocycles. The molecule has 5 nitrogen and oxygen atoms in total. The third kappa shape index (κ3) is 3.13. The van der Waals surface area contributed by atoms with E-state index in [1.165, 1.54) is 0 Å². The van der Waals surface area contributed by atoms with Crippen molar-refractivity contribution in [3.05, 3.63) is 34.9 Å². The number of hydrogen-bond donors (Lipinski definition) is 2. The molecular formula is C12H16ClN3O2. The van der Waals surface area contributed by atoms with Gasteiger partial charge in [-0.1, -0.05) is 35.0 Å². The zero-order chi connectivity index (χ0) is 13.0. The van der Waals surface area contributed by atoms with Crippen LogP contribution >= 0.6 is 11.6 Å². The number of benzene rings is 1. The van der Waals surface area contributed by atoms with Crippen LogP contribution in [0.5, 0.6) is 0 Å². The Balaban J connectivity index is 2.00. The summed E-state index contributed by atoms with van der Waals surface area (Å²) in [5.41, 5.74) is 6.62. The molecule has 0 bridgehead atoms. The minimum atomic E-state index is -0.355. The van der Waals surface area contributed by atoms with Crippen LogP contribution in [-0.2, 0) is 11.3 Å². The zero-order valence-electron chi connectivity index (χ0n) is 9.92. The van der Waals surface area contributed by atoms with Crippen molar-refractivity contribution in [1.29, 1.82) is 0 Å². The highest BCUT2D eigenvalue weighted by Gasteiger charge is 2.24. The van der Waals surface area contributed by atoms with E-state index in [1.54, 1.807) is 0 Å². The van der Waals surface area contributed by atoms with Gasteiger partial charge in [0.25, 0.3) is 0 Å². The van der Waals surface area contributed by atoms with Gasteiger partial charge in [0, 0.05) is 24.7 Å². The molecule has 1 aliphatic rings. The Bertz CT molecular complexity index is 439. The van der Waals surface area contributed by atoms with Crippen molar-refractivity contribution >= 4 is 17.4 Å². The number of ether oxygens (including phenoxy) is 1. The van der Waals surface area contributed by atoms with Gasteiger partial charge in [0.2, 0.25) is 0 Å². The predicted octanol–water partition coefficient (Wildman–Crippen LogP) is 1.29. The topological polar surface area (TPSA) is 71.1 Å². The first-order valence-corrected chi connectivity index (χ1v) is 6.13. The lowest BCUT2D eigenvalue weighted by Gasteiger charge is -2.32. The van der Waals surface area contributed by atoms with Gasteiger partial charge in [0.15, 0.2) is 5.84 Å². The molecule has 1 heterocycles. The molecule has 2 rings (SSSR count). The van der Waals surface area contributed by atoms with Crippen molar-refractivity contribution in [2.75, 3.05) is 19.7 Å². The fourth-order valence-corrected chi connectivity index (χ4v) is 2.15. The molecule has 98 valence electrons. The highest BCUT2D eigenvalue weighted by Crippen LogP contribution is 2.18. The van der Waals surface area contributed by atoms with E-state index in [4.69, 9.17) is 27.3 Å². The van der Waals surface area contributed by atoms with Crippen LogP contribution in [-0.4, -0.2) is 41.7 Å². The van der Waals surface area contributed by atoms with Crippen molar-refractivity contribution in [2.24, 2.45) is 10.9 Å². The fraction of sp³-hybridized carbons (Fsp3) is 0.417. The molecule has 0 saturated carbocycles. The summed E-state index contributed by atoms with van der Waals surface area (Å²) in [5, 5.41) is 12.4. The molecular weight excluding hydrogens is 254 g/mol. The summed E-state index contributed by atoms with van der Waals surface area (Å²) in [7, 11) is 0. The molecule has 1 saturated heterocycles. The van der Waals surface area contributed by atoms with Crippen molar-refractivity contribution in [3.8, 4) is 0 Å². The molecule has 0 radical (unpaired) electrons. The summed E-state index contributed by atoms with van der Waals surface area (Å²) in [4.78, 5) is 2.17. The Morgan fingerprint density at radius 2 is 2.33 bits per heavy atom. The number of oxime groups is 1. The number of nitrogens with zero attached hydrogens (tertiary/aromatic N) is 2. The van der Waals surface area contributed by atoms with Gasteiger partial charge in [-0.3, -0.25) is 4.90 Å². The lowest BCUT2D eigenvalue weighted by molar-refractivity contribution is 0.00142. The molecule has 6 heteroatoms. The van der Waals surface area contributed by atoms with Crippen LogP contribution in [0.15, 0.2) is 29.4 Å². The molecule has 1 aromatic rings. The van der Waals surface area contributed by atoms with Crippen LogP contribution in [0.25, 0.3) is 0 Å². The molecule has 1 fully saturated rings. The third-order valence-corrected chi connectivity index (χ3v) is 3.32. The smallest absolute Gasteiger partial charge is 0.169 e. The minimum absolute atomic E-state index is 0.110. The average molecular weight is 270 g/mol. The normalized spacial score (nSPS) is 22.1. The summed E-state index contributed by atoms with van der Waals surface area (Å²) >= 11 is 6.12. The van der Waals surface area contributed by atoms with E-state index in [1.807, 2.05) is 24.3 Å². The van der Waals surface area contributed by atoms with Gasteiger partial charge in [-0.05, 0) is 11.6 Å². The zero-order valence-corrected chi connectivity index (χ0v) is 10.7. The highest BCUT2D eigenvalue weighted by molar-refractivity contribution is 6.31. The molecule has 0 spiro atoms. The van der Waals surface area contributed by atoms with Crippen LogP contribution in [0.1, 0.15) is 5.56 Å². The maximum absolute atomic E-state index is 8.65. The molecule has 0 aliphatic carbocycles. The number of halogens is 1. The molecule has 1 unspecified atom stereocenters. The number of amidine groups is 1. The second-order valence-corrected chi connectivity index (χ2v) is 4.62. The van der Waals surface area contributed by atoms with Crippen LogP contribution in [0.4, 0.5) is 0 Å². The molecule has 0 amide bonds. The molecule has 3 N–H and O–H groups in total. The Morgan fingerprint density at radius 3 is 3.06 bits per heavy atom. The fourth-order valence-electron chi connectivity index (χ4n) is 1.96.